The highest BCUT2D eigenvalue weighted by atomic mass is 79.9. The summed E-state index contributed by atoms with van der Waals surface area (Å²) < 4.78 is 8.11. The van der Waals surface area contributed by atoms with Crippen LogP contribution in [0.2, 0.25) is 10.0 Å². The van der Waals surface area contributed by atoms with Crippen molar-refractivity contribution in [2.24, 2.45) is 5.10 Å². The molecule has 0 radical (unpaired) electrons. The highest BCUT2D eigenvalue weighted by Crippen LogP contribution is 2.37. The molecule has 0 unspecified atom stereocenters. The molecule has 38 heavy (non-hydrogen) atoms. The third-order valence-corrected chi connectivity index (χ3v) is 7.64. The maximum absolute atomic E-state index is 13.3. The minimum atomic E-state index is -0.544. The molecule has 0 amide bonds. The molecular weight excluding hydrogens is 663 g/mol. The molecule has 1 heterocycles. The summed E-state index contributed by atoms with van der Waals surface area (Å²) >= 11 is 18.8. The van der Waals surface area contributed by atoms with Crippen molar-refractivity contribution in [2.75, 3.05) is 0 Å². The van der Waals surface area contributed by atoms with Gasteiger partial charge in [-0.05, 0) is 64.3 Å². The number of aromatic nitrogens is 2. The van der Waals surface area contributed by atoms with E-state index in [0.717, 1.165) is 10.9 Å². The van der Waals surface area contributed by atoms with Gasteiger partial charge in [-0.15, -0.1) is 0 Å². The second-order valence-corrected chi connectivity index (χ2v) is 11.0. The van der Waals surface area contributed by atoms with Crippen molar-refractivity contribution in [3.63, 3.8) is 0 Å². The molecule has 0 spiro atoms. The largest absolute Gasteiger partial charge is 0.481 e. The first-order valence-electron chi connectivity index (χ1n) is 11.4. The van der Waals surface area contributed by atoms with Gasteiger partial charge in [-0.2, -0.15) is 9.78 Å². The molecule has 4 rings (SSSR count). The van der Waals surface area contributed by atoms with Crippen LogP contribution >= 0.6 is 55.1 Å². The first-order chi connectivity index (χ1) is 18.1. The van der Waals surface area contributed by atoms with Gasteiger partial charge >= 0.3 is 5.69 Å². The molecule has 0 saturated carbocycles. The smallest absolute Gasteiger partial charge is 0.312 e. The Kier molecular flexibility index (Phi) is 8.87. The van der Waals surface area contributed by atoms with Gasteiger partial charge in [0, 0.05) is 22.0 Å². The minimum Gasteiger partial charge on any atom is -0.481 e. The lowest BCUT2D eigenvalue weighted by atomic mass is 10.1. The Morgan fingerprint density at radius 2 is 1.92 bits per heavy atom. The van der Waals surface area contributed by atoms with Crippen LogP contribution in [0.1, 0.15) is 43.1 Å². The second kappa shape index (κ2) is 11.9. The van der Waals surface area contributed by atoms with E-state index in [1.54, 1.807) is 36.4 Å². The van der Waals surface area contributed by atoms with E-state index in [4.69, 9.17) is 27.9 Å². The molecule has 1 atom stereocenters. The molecule has 1 aromatic heterocycles. The Balaban J connectivity index is 1.72. The maximum Gasteiger partial charge on any atom is 0.312 e. The van der Waals surface area contributed by atoms with E-state index < -0.39 is 4.92 Å². The number of hydrogen-bond donors (Lipinski definition) is 0. The zero-order chi connectivity index (χ0) is 27.6. The van der Waals surface area contributed by atoms with E-state index in [-0.39, 0.29) is 29.5 Å². The van der Waals surface area contributed by atoms with Gasteiger partial charge in [-0.3, -0.25) is 14.9 Å². The fraction of sp³-hybridized carbons (Fsp3) is 0.192. The number of hydrogen-bond acceptors (Lipinski definition) is 6. The van der Waals surface area contributed by atoms with Gasteiger partial charge in [0.1, 0.15) is 12.4 Å². The van der Waals surface area contributed by atoms with Crippen LogP contribution in [0.5, 0.6) is 5.75 Å². The van der Waals surface area contributed by atoms with Crippen LogP contribution < -0.4 is 10.3 Å². The van der Waals surface area contributed by atoms with Crippen molar-refractivity contribution < 1.29 is 9.66 Å². The molecule has 0 fully saturated rings. The first-order valence-corrected chi connectivity index (χ1v) is 13.7. The molecule has 8 nitrogen and oxygen atoms in total. The molecule has 0 bridgehead atoms. The molecule has 0 saturated heterocycles. The van der Waals surface area contributed by atoms with Crippen LogP contribution in [0.25, 0.3) is 10.9 Å². The summed E-state index contributed by atoms with van der Waals surface area (Å²) in [4.78, 5) is 29.3. The van der Waals surface area contributed by atoms with E-state index in [9.17, 15) is 14.9 Å². The zero-order valence-corrected chi connectivity index (χ0v) is 24.8. The van der Waals surface area contributed by atoms with Crippen LogP contribution in [0.15, 0.2) is 67.4 Å². The Hall–Kier alpha value is -2.79. The highest BCUT2D eigenvalue weighted by molar-refractivity contribution is 9.10. The van der Waals surface area contributed by atoms with E-state index in [1.165, 1.54) is 17.0 Å². The minimum absolute atomic E-state index is 0.0374. The summed E-state index contributed by atoms with van der Waals surface area (Å²) in [5, 5.41) is 17.4. The van der Waals surface area contributed by atoms with Crippen LogP contribution in [-0.2, 0) is 6.61 Å². The summed E-state index contributed by atoms with van der Waals surface area (Å²) in [6.45, 7) is 3.99. The van der Waals surface area contributed by atoms with E-state index in [1.807, 2.05) is 19.9 Å². The number of halogens is 4. The average molecular weight is 683 g/mol. The lowest BCUT2D eigenvalue weighted by Crippen LogP contribution is -2.23. The van der Waals surface area contributed by atoms with Gasteiger partial charge in [-0.1, -0.05) is 59.0 Å². The fourth-order valence-corrected chi connectivity index (χ4v) is 4.90. The van der Waals surface area contributed by atoms with E-state index in [0.29, 0.717) is 42.4 Å². The molecule has 0 N–H and O–H groups in total. The van der Waals surface area contributed by atoms with Crippen molar-refractivity contribution in [2.45, 2.75) is 32.8 Å². The summed E-state index contributed by atoms with van der Waals surface area (Å²) in [7, 11) is 0. The van der Waals surface area contributed by atoms with Gasteiger partial charge in [0.2, 0.25) is 5.75 Å². The average Bonchev–Trinajstić information content (AvgIpc) is 2.88. The van der Waals surface area contributed by atoms with Gasteiger partial charge in [0.05, 0.1) is 36.6 Å². The number of rotatable bonds is 8. The monoisotopic (exact) mass is 680 g/mol. The SMILES string of the molecule is CC[C@H](C)c1nc2ccc(Br)cc2c(=O)n1N=Cc1cc(Br)c(OCc2ccc(Cl)c(Cl)c2)c([N+](=O)[O-])c1. The summed E-state index contributed by atoms with van der Waals surface area (Å²) in [6, 6.07) is 13.2. The van der Waals surface area contributed by atoms with Crippen LogP contribution in [0.3, 0.4) is 0 Å². The van der Waals surface area contributed by atoms with Crippen LogP contribution in [0, 0.1) is 10.1 Å². The third-order valence-electron chi connectivity index (χ3n) is 5.82. The number of benzene rings is 3. The van der Waals surface area contributed by atoms with Crippen molar-refractivity contribution >= 4 is 77.9 Å². The van der Waals surface area contributed by atoms with Crippen molar-refractivity contribution in [3.05, 3.63) is 105 Å². The fourth-order valence-electron chi connectivity index (χ4n) is 3.64. The zero-order valence-electron chi connectivity index (χ0n) is 20.1. The predicted octanol–water partition coefficient (Wildman–Crippen LogP) is 8.11. The van der Waals surface area contributed by atoms with E-state index in [2.05, 4.69) is 41.9 Å². The molecule has 196 valence electrons. The molecule has 12 heteroatoms. The third kappa shape index (κ3) is 6.09. The number of ether oxygens (including phenoxy) is 1. The molecular formula is C26H20Br2Cl2N4O4. The molecule has 4 aromatic rings. The van der Waals surface area contributed by atoms with Gasteiger partial charge < -0.3 is 4.74 Å². The number of nitro groups is 1. The predicted molar refractivity (Wildman–Crippen MR) is 157 cm³/mol. The Morgan fingerprint density at radius 3 is 2.61 bits per heavy atom. The normalized spacial score (nSPS) is 12.3. The first kappa shape index (κ1) is 28.2. The summed E-state index contributed by atoms with van der Waals surface area (Å²) in [5.74, 6) is 0.498. The quantitative estimate of drug-likeness (QED) is 0.106. The van der Waals surface area contributed by atoms with Crippen molar-refractivity contribution in [1.82, 2.24) is 9.66 Å². The second-order valence-electron chi connectivity index (χ2n) is 8.45. The molecule has 3 aromatic carbocycles. The Labute approximate surface area is 244 Å². The van der Waals surface area contributed by atoms with Gasteiger partial charge in [-0.25, -0.2) is 4.98 Å². The molecule has 0 aliphatic carbocycles. The summed E-state index contributed by atoms with van der Waals surface area (Å²) in [6.07, 6.45) is 2.13. The lowest BCUT2D eigenvalue weighted by molar-refractivity contribution is -0.386. The Bertz CT molecular complexity index is 1640. The highest BCUT2D eigenvalue weighted by Gasteiger charge is 2.21. The number of nitrogens with zero attached hydrogens (tertiary/aromatic N) is 4. The van der Waals surface area contributed by atoms with Crippen molar-refractivity contribution in [1.29, 1.82) is 0 Å². The van der Waals surface area contributed by atoms with Gasteiger partial charge in [0.25, 0.3) is 5.56 Å². The van der Waals surface area contributed by atoms with Crippen LogP contribution in [0.4, 0.5) is 5.69 Å². The van der Waals surface area contributed by atoms with Crippen molar-refractivity contribution in [3.8, 4) is 5.75 Å². The topological polar surface area (TPSA) is 99.6 Å². The lowest BCUT2D eigenvalue weighted by Gasteiger charge is -2.14. The Morgan fingerprint density at radius 1 is 1.16 bits per heavy atom. The summed E-state index contributed by atoms with van der Waals surface area (Å²) in [5.41, 5.74) is 1.05. The van der Waals surface area contributed by atoms with E-state index >= 15 is 0 Å². The standard InChI is InChI=1S/C26H20Br2Cl2N4O4/c1-3-14(2)25-32-22-7-5-17(27)11-18(22)26(35)33(25)31-12-16-8-19(28)24(23(10-16)34(36)37)38-13-15-4-6-20(29)21(30)9-15/h4-12,14H,3,13H2,1-2H3/t14-/m0/s1. The van der Waals surface area contributed by atoms with Gasteiger partial charge in [0.15, 0.2) is 0 Å². The number of fused-ring (bicyclic) bond motifs is 1. The molecule has 0 aliphatic heterocycles. The molecule has 0 aliphatic rings. The maximum atomic E-state index is 13.3. The number of nitro benzene ring substituents is 1. The van der Waals surface area contributed by atoms with Crippen LogP contribution in [-0.4, -0.2) is 20.8 Å².